The summed E-state index contributed by atoms with van der Waals surface area (Å²) < 4.78 is 2.29. The first-order chi connectivity index (χ1) is 19.2. The number of pyridine rings is 1. The highest BCUT2D eigenvalue weighted by molar-refractivity contribution is 6.06. The van der Waals surface area contributed by atoms with Gasteiger partial charge in [-0.2, -0.15) is 0 Å². The maximum atomic E-state index is 12.9. The third-order valence-corrected chi connectivity index (χ3v) is 7.67. The predicted molar refractivity (Wildman–Crippen MR) is 159 cm³/mol. The first-order valence-corrected chi connectivity index (χ1v) is 14.0. The van der Waals surface area contributed by atoms with Gasteiger partial charge in [-0.1, -0.05) is 91.7 Å². The van der Waals surface area contributed by atoms with Crippen molar-refractivity contribution in [2.24, 2.45) is 5.92 Å². The quantitative estimate of drug-likeness (QED) is 0.254. The lowest BCUT2D eigenvalue weighted by molar-refractivity contribution is -0.123. The van der Waals surface area contributed by atoms with E-state index in [9.17, 15) is 4.79 Å². The normalized spacial score (nSPS) is 14.2. The van der Waals surface area contributed by atoms with Crippen LogP contribution in [-0.4, -0.2) is 33.7 Å². The van der Waals surface area contributed by atoms with Gasteiger partial charge < -0.3 is 15.0 Å². The molecule has 1 aliphatic carbocycles. The van der Waals surface area contributed by atoms with E-state index in [0.717, 1.165) is 36.3 Å². The average Bonchev–Trinajstić information content (AvgIpc) is 3.61. The van der Waals surface area contributed by atoms with Crippen LogP contribution in [0.15, 0.2) is 97.1 Å². The fourth-order valence-electron chi connectivity index (χ4n) is 5.79. The first kappa shape index (κ1) is 26.6. The number of benzene rings is 3. The van der Waals surface area contributed by atoms with Crippen LogP contribution in [0.25, 0.3) is 21.9 Å². The molecule has 5 nitrogen and oxygen atoms in total. The van der Waals surface area contributed by atoms with Crippen LogP contribution in [0.5, 0.6) is 0 Å². The van der Waals surface area contributed by atoms with Crippen molar-refractivity contribution in [3.8, 4) is 0 Å². The summed E-state index contributed by atoms with van der Waals surface area (Å²) >= 11 is 0. The van der Waals surface area contributed by atoms with Gasteiger partial charge in [0.1, 0.15) is 5.65 Å². The molecule has 2 aromatic heterocycles. The van der Waals surface area contributed by atoms with Crippen LogP contribution < -0.4 is 5.32 Å². The van der Waals surface area contributed by atoms with Crippen LogP contribution in [0.4, 0.5) is 0 Å². The number of nitrogens with one attached hydrogen (secondary N) is 1. The van der Waals surface area contributed by atoms with Gasteiger partial charge in [0, 0.05) is 29.6 Å². The number of para-hydroxylation sites is 1. The lowest BCUT2D eigenvalue weighted by Crippen LogP contribution is -2.34. The van der Waals surface area contributed by atoms with E-state index in [4.69, 9.17) is 10.1 Å². The van der Waals surface area contributed by atoms with Gasteiger partial charge in [-0.05, 0) is 55.0 Å². The molecule has 0 aliphatic heterocycles. The van der Waals surface area contributed by atoms with Gasteiger partial charge in [0.25, 0.3) is 0 Å². The third-order valence-electron chi connectivity index (χ3n) is 7.67. The molecule has 0 saturated heterocycles. The smallest absolute Gasteiger partial charge is 0.227 e. The van der Waals surface area contributed by atoms with Crippen molar-refractivity contribution >= 4 is 27.8 Å². The fraction of sp³-hybridized carbons (Fsp3) is 0.294. The number of aliphatic hydroxyl groups is 1. The summed E-state index contributed by atoms with van der Waals surface area (Å²) in [5.74, 6) is 0.260. The summed E-state index contributed by atoms with van der Waals surface area (Å²) in [6.45, 7) is 3.03. The Balaban J connectivity index is 0.000000455. The fourth-order valence-corrected chi connectivity index (χ4v) is 5.79. The summed E-state index contributed by atoms with van der Waals surface area (Å²) in [7, 11) is 0. The number of carbonyl (C=O) groups excluding carboxylic acids is 1. The molecular weight excluding hydrogens is 482 g/mol. The molecule has 1 fully saturated rings. The standard InChI is InChI=1S/C28H31N3O2.C6H6/c1-19-10-15-24-23-8-4-5-9-25(23)31(27(24)30-19)18-20-11-13-22(14-12-20)26(21-6-2-3-7-21)28(33)29-16-17-32;1-2-4-6-5-3-1/h4-5,8-15,21,26,32H,2-3,6-7,16-18H2,1H3,(H,29,33);1-6H. The number of carbonyl (C=O) groups is 1. The lowest BCUT2D eigenvalue weighted by atomic mass is 9.84. The number of fused-ring (bicyclic) bond motifs is 3. The zero-order valence-electron chi connectivity index (χ0n) is 22.6. The van der Waals surface area contributed by atoms with E-state index in [1.54, 1.807) is 0 Å². The van der Waals surface area contributed by atoms with E-state index in [0.29, 0.717) is 12.5 Å². The highest BCUT2D eigenvalue weighted by Crippen LogP contribution is 2.38. The molecular formula is C34H37N3O2. The molecule has 2 N–H and O–H groups in total. The molecule has 3 aromatic carbocycles. The van der Waals surface area contributed by atoms with Gasteiger partial charge >= 0.3 is 0 Å². The summed E-state index contributed by atoms with van der Waals surface area (Å²) in [4.78, 5) is 17.8. The highest BCUT2D eigenvalue weighted by atomic mass is 16.3. The van der Waals surface area contributed by atoms with E-state index in [1.165, 1.54) is 34.7 Å². The predicted octanol–water partition coefficient (Wildman–Crippen LogP) is 6.62. The minimum atomic E-state index is -0.148. The molecule has 6 rings (SSSR count). The van der Waals surface area contributed by atoms with Gasteiger partial charge in [-0.25, -0.2) is 4.98 Å². The highest BCUT2D eigenvalue weighted by Gasteiger charge is 2.31. The molecule has 5 heteroatoms. The molecule has 200 valence electrons. The molecule has 1 amide bonds. The van der Waals surface area contributed by atoms with Crippen LogP contribution in [0.2, 0.25) is 0 Å². The molecule has 39 heavy (non-hydrogen) atoms. The SMILES string of the molecule is Cc1ccc2c3ccccc3n(Cc3ccc(C(C(=O)NCCO)C4CCCC4)cc3)c2n1.c1ccccc1. The number of rotatable bonds is 7. The van der Waals surface area contributed by atoms with E-state index in [-0.39, 0.29) is 18.4 Å². The second kappa shape index (κ2) is 12.7. The number of aromatic nitrogens is 2. The van der Waals surface area contributed by atoms with E-state index >= 15 is 0 Å². The zero-order chi connectivity index (χ0) is 27.0. The Bertz CT molecular complexity index is 1480. The summed E-state index contributed by atoms with van der Waals surface area (Å²) in [6.07, 6.45) is 4.55. The lowest BCUT2D eigenvalue weighted by Gasteiger charge is -2.23. The second-order valence-electron chi connectivity index (χ2n) is 10.4. The molecule has 1 saturated carbocycles. The van der Waals surface area contributed by atoms with Gasteiger partial charge in [0.15, 0.2) is 0 Å². The van der Waals surface area contributed by atoms with E-state index < -0.39 is 0 Å². The minimum Gasteiger partial charge on any atom is -0.395 e. The average molecular weight is 520 g/mol. The van der Waals surface area contributed by atoms with Crippen molar-refractivity contribution in [2.45, 2.75) is 45.1 Å². The van der Waals surface area contributed by atoms with Crippen molar-refractivity contribution < 1.29 is 9.90 Å². The third kappa shape index (κ3) is 6.21. The number of hydrogen-bond donors (Lipinski definition) is 2. The topological polar surface area (TPSA) is 67.2 Å². The Hall–Kier alpha value is -3.96. The Kier molecular flexibility index (Phi) is 8.69. The molecule has 1 atom stereocenters. The maximum absolute atomic E-state index is 12.9. The largest absolute Gasteiger partial charge is 0.395 e. The van der Waals surface area contributed by atoms with Gasteiger partial charge in [-0.3, -0.25) is 4.79 Å². The maximum Gasteiger partial charge on any atom is 0.227 e. The molecule has 0 bridgehead atoms. The molecule has 0 radical (unpaired) electrons. The summed E-state index contributed by atoms with van der Waals surface area (Å²) in [5, 5.41) is 14.4. The van der Waals surface area contributed by atoms with Gasteiger partial charge in [-0.15, -0.1) is 0 Å². The van der Waals surface area contributed by atoms with Gasteiger partial charge in [0.05, 0.1) is 18.0 Å². The molecule has 1 unspecified atom stereocenters. The Labute approximate surface area is 230 Å². The van der Waals surface area contributed by atoms with Crippen molar-refractivity contribution in [1.29, 1.82) is 0 Å². The van der Waals surface area contributed by atoms with Crippen molar-refractivity contribution in [3.05, 3.63) is 114 Å². The monoisotopic (exact) mass is 519 g/mol. The van der Waals surface area contributed by atoms with E-state index in [1.807, 2.05) is 43.3 Å². The van der Waals surface area contributed by atoms with Gasteiger partial charge in [0.2, 0.25) is 5.91 Å². The molecule has 0 spiro atoms. The number of nitrogens with zero attached hydrogens (tertiary/aromatic N) is 2. The van der Waals surface area contributed by atoms with Crippen LogP contribution in [0.3, 0.4) is 0 Å². The van der Waals surface area contributed by atoms with Crippen molar-refractivity contribution in [3.63, 3.8) is 0 Å². The van der Waals surface area contributed by atoms with Crippen LogP contribution >= 0.6 is 0 Å². The Morgan fingerprint density at radius 3 is 2.23 bits per heavy atom. The molecule has 5 aromatic rings. The Morgan fingerprint density at radius 2 is 1.56 bits per heavy atom. The summed E-state index contributed by atoms with van der Waals surface area (Å²) in [6, 6.07) is 33.2. The minimum absolute atomic E-state index is 0.0331. The van der Waals surface area contributed by atoms with Crippen LogP contribution in [-0.2, 0) is 11.3 Å². The second-order valence-corrected chi connectivity index (χ2v) is 10.4. The zero-order valence-corrected chi connectivity index (χ0v) is 22.6. The summed E-state index contributed by atoms with van der Waals surface area (Å²) in [5.41, 5.74) is 5.45. The number of amides is 1. The van der Waals surface area contributed by atoms with Crippen LogP contribution in [0.1, 0.15) is 48.4 Å². The molecule has 1 aliphatic rings. The Morgan fingerprint density at radius 1 is 0.897 bits per heavy atom. The van der Waals surface area contributed by atoms with Crippen molar-refractivity contribution in [2.75, 3.05) is 13.2 Å². The molecule has 2 heterocycles. The van der Waals surface area contributed by atoms with Crippen molar-refractivity contribution in [1.82, 2.24) is 14.9 Å². The number of aryl methyl sites for hydroxylation is 1. The number of hydrogen-bond acceptors (Lipinski definition) is 3. The van der Waals surface area contributed by atoms with E-state index in [2.05, 4.69) is 70.5 Å². The first-order valence-electron chi connectivity index (χ1n) is 14.0. The number of aliphatic hydroxyl groups excluding tert-OH is 1. The van der Waals surface area contributed by atoms with Crippen LogP contribution in [0, 0.1) is 12.8 Å².